The van der Waals surface area contributed by atoms with Crippen molar-refractivity contribution >= 4 is 15.9 Å². The van der Waals surface area contributed by atoms with Gasteiger partial charge in [-0.25, -0.2) is 0 Å². The number of halogens is 4. The molecule has 0 aromatic heterocycles. The lowest BCUT2D eigenvalue weighted by atomic mass is 10.1. The molecular weight excluding hydrogens is 309 g/mol. The van der Waals surface area contributed by atoms with Crippen LogP contribution in [0.1, 0.15) is 31.7 Å². The lowest BCUT2D eigenvalue weighted by Crippen LogP contribution is -2.17. The topological polar surface area (TPSA) is 9.23 Å². The molecule has 0 aliphatic heterocycles. The average Bonchev–Trinajstić information content (AvgIpc) is 2.25. The molecule has 1 nitrogen and oxygen atoms in total. The Labute approximate surface area is 113 Å². The Bertz CT molecular complexity index is 365. The molecule has 1 aromatic carbocycles. The minimum atomic E-state index is -4.63. The molecular formula is C13H16BrF3O. The fraction of sp³-hybridized carbons (Fsp3) is 0.538. The Hall–Kier alpha value is -0.710. The number of hydrogen-bond acceptors (Lipinski definition) is 1. The summed E-state index contributed by atoms with van der Waals surface area (Å²) in [7, 11) is 0. The molecule has 0 spiro atoms. The zero-order valence-electron chi connectivity index (χ0n) is 10.1. The van der Waals surface area contributed by atoms with E-state index in [1.54, 1.807) is 6.07 Å². The second-order valence-electron chi connectivity index (χ2n) is 4.12. The molecule has 0 saturated heterocycles. The van der Waals surface area contributed by atoms with E-state index in [0.29, 0.717) is 4.83 Å². The lowest BCUT2D eigenvalue weighted by Gasteiger charge is -2.11. The first-order valence-electron chi connectivity index (χ1n) is 5.89. The summed E-state index contributed by atoms with van der Waals surface area (Å²) < 4.78 is 40.1. The summed E-state index contributed by atoms with van der Waals surface area (Å²) in [5.41, 5.74) is 0.859. The number of benzene rings is 1. The Morgan fingerprint density at radius 2 is 2.00 bits per heavy atom. The first-order valence-corrected chi connectivity index (χ1v) is 6.81. The minimum Gasteiger partial charge on any atom is -0.406 e. The van der Waals surface area contributed by atoms with Gasteiger partial charge in [-0.05, 0) is 37.0 Å². The van der Waals surface area contributed by atoms with E-state index < -0.39 is 6.36 Å². The molecule has 0 aliphatic rings. The van der Waals surface area contributed by atoms with E-state index in [9.17, 15) is 13.2 Å². The van der Waals surface area contributed by atoms with Crippen molar-refractivity contribution in [2.75, 3.05) is 0 Å². The molecule has 0 bridgehead atoms. The third-order valence-corrected chi connectivity index (χ3v) is 3.40. The van der Waals surface area contributed by atoms with Gasteiger partial charge in [0.1, 0.15) is 5.75 Å². The van der Waals surface area contributed by atoms with Crippen molar-refractivity contribution in [3.63, 3.8) is 0 Å². The van der Waals surface area contributed by atoms with Gasteiger partial charge >= 0.3 is 6.36 Å². The van der Waals surface area contributed by atoms with Crippen molar-refractivity contribution in [3.8, 4) is 5.75 Å². The quantitative estimate of drug-likeness (QED) is 0.663. The number of aryl methyl sites for hydroxylation is 1. The predicted octanol–water partition coefficient (Wildman–Crippen LogP) is 5.08. The Morgan fingerprint density at radius 1 is 1.28 bits per heavy atom. The minimum absolute atomic E-state index is 0.151. The second-order valence-corrected chi connectivity index (χ2v) is 5.41. The van der Waals surface area contributed by atoms with E-state index in [2.05, 4.69) is 27.6 Å². The number of rotatable bonds is 6. The van der Waals surface area contributed by atoms with Crippen molar-refractivity contribution in [1.82, 2.24) is 0 Å². The molecule has 18 heavy (non-hydrogen) atoms. The number of alkyl halides is 4. The van der Waals surface area contributed by atoms with Gasteiger partial charge in [0.2, 0.25) is 0 Å². The molecule has 1 unspecified atom stereocenters. The van der Waals surface area contributed by atoms with Crippen LogP contribution < -0.4 is 4.74 Å². The van der Waals surface area contributed by atoms with Crippen LogP contribution in [0.25, 0.3) is 0 Å². The van der Waals surface area contributed by atoms with Gasteiger partial charge in [0.05, 0.1) is 0 Å². The van der Waals surface area contributed by atoms with E-state index in [1.165, 1.54) is 12.1 Å². The summed E-state index contributed by atoms with van der Waals surface area (Å²) in [4.78, 5) is 0.412. The van der Waals surface area contributed by atoms with Crippen LogP contribution in [-0.4, -0.2) is 11.2 Å². The van der Waals surface area contributed by atoms with Crippen LogP contribution in [0.4, 0.5) is 13.2 Å². The summed E-state index contributed by atoms with van der Waals surface area (Å²) in [6.07, 6.45) is -0.820. The Balaban J connectivity index is 2.54. The molecule has 0 radical (unpaired) electrons. The Kier molecular flexibility index (Phi) is 5.99. The van der Waals surface area contributed by atoms with Crippen molar-refractivity contribution in [2.24, 2.45) is 0 Å². The summed E-state index contributed by atoms with van der Waals surface area (Å²) in [6, 6.07) is 6.15. The molecule has 1 rings (SSSR count). The molecule has 1 atom stereocenters. The van der Waals surface area contributed by atoms with Gasteiger partial charge in [0.25, 0.3) is 0 Å². The SMILES string of the molecule is CCCC(Br)CCc1cccc(OC(F)(F)F)c1. The van der Waals surface area contributed by atoms with E-state index in [0.717, 1.165) is 31.2 Å². The third-order valence-electron chi connectivity index (χ3n) is 2.48. The highest BCUT2D eigenvalue weighted by Gasteiger charge is 2.31. The molecule has 0 heterocycles. The lowest BCUT2D eigenvalue weighted by molar-refractivity contribution is -0.274. The highest BCUT2D eigenvalue weighted by molar-refractivity contribution is 9.09. The highest BCUT2D eigenvalue weighted by Crippen LogP contribution is 2.24. The first-order chi connectivity index (χ1) is 8.40. The van der Waals surface area contributed by atoms with E-state index >= 15 is 0 Å². The van der Waals surface area contributed by atoms with Gasteiger partial charge in [-0.3, -0.25) is 0 Å². The number of hydrogen-bond donors (Lipinski definition) is 0. The predicted molar refractivity (Wildman–Crippen MR) is 69.1 cm³/mol. The molecule has 0 amide bonds. The van der Waals surface area contributed by atoms with Crippen LogP contribution in [-0.2, 0) is 6.42 Å². The van der Waals surface area contributed by atoms with Crippen LogP contribution in [0, 0.1) is 0 Å². The highest BCUT2D eigenvalue weighted by atomic mass is 79.9. The molecule has 5 heteroatoms. The van der Waals surface area contributed by atoms with Gasteiger partial charge in [-0.15, -0.1) is 13.2 Å². The third kappa shape index (κ3) is 6.28. The van der Waals surface area contributed by atoms with Gasteiger partial charge in [-0.2, -0.15) is 0 Å². The smallest absolute Gasteiger partial charge is 0.406 e. The molecule has 0 aliphatic carbocycles. The van der Waals surface area contributed by atoms with Crippen LogP contribution in [0.3, 0.4) is 0 Å². The van der Waals surface area contributed by atoms with Crippen LogP contribution in [0.2, 0.25) is 0 Å². The zero-order valence-corrected chi connectivity index (χ0v) is 11.7. The van der Waals surface area contributed by atoms with Gasteiger partial charge in [0, 0.05) is 4.83 Å². The molecule has 0 fully saturated rings. The van der Waals surface area contributed by atoms with Crippen molar-refractivity contribution in [1.29, 1.82) is 0 Å². The average molecular weight is 325 g/mol. The fourth-order valence-electron chi connectivity index (χ4n) is 1.68. The summed E-state index contributed by atoms with van der Waals surface area (Å²) >= 11 is 3.55. The maximum atomic E-state index is 12.1. The summed E-state index contributed by atoms with van der Waals surface area (Å²) in [6.45, 7) is 2.10. The molecule has 0 N–H and O–H groups in total. The van der Waals surface area contributed by atoms with Crippen molar-refractivity contribution < 1.29 is 17.9 Å². The van der Waals surface area contributed by atoms with Gasteiger partial charge < -0.3 is 4.74 Å². The van der Waals surface area contributed by atoms with Crippen molar-refractivity contribution in [3.05, 3.63) is 29.8 Å². The summed E-state index contributed by atoms with van der Waals surface area (Å²) in [5.74, 6) is -0.151. The van der Waals surface area contributed by atoms with Crippen LogP contribution in [0.5, 0.6) is 5.75 Å². The largest absolute Gasteiger partial charge is 0.573 e. The summed E-state index contributed by atoms with van der Waals surface area (Å²) in [5, 5.41) is 0. The maximum Gasteiger partial charge on any atom is 0.573 e. The fourth-order valence-corrected chi connectivity index (χ4v) is 2.37. The zero-order chi connectivity index (χ0) is 13.6. The van der Waals surface area contributed by atoms with E-state index in [-0.39, 0.29) is 5.75 Å². The van der Waals surface area contributed by atoms with Gasteiger partial charge in [-0.1, -0.05) is 41.4 Å². The maximum absolute atomic E-state index is 12.1. The number of ether oxygens (including phenoxy) is 1. The molecule has 0 saturated carbocycles. The normalized spacial score (nSPS) is 13.4. The van der Waals surface area contributed by atoms with E-state index in [1.807, 2.05) is 6.07 Å². The van der Waals surface area contributed by atoms with E-state index in [4.69, 9.17) is 0 Å². The van der Waals surface area contributed by atoms with Gasteiger partial charge in [0.15, 0.2) is 0 Å². The Morgan fingerprint density at radius 3 is 2.61 bits per heavy atom. The standard InChI is InChI=1S/C13H16BrF3O/c1-2-4-11(14)8-7-10-5-3-6-12(9-10)18-13(15,16)17/h3,5-6,9,11H,2,4,7-8H2,1H3. The first kappa shape index (κ1) is 15.3. The van der Waals surface area contributed by atoms with Crippen LogP contribution >= 0.6 is 15.9 Å². The van der Waals surface area contributed by atoms with Crippen LogP contribution in [0.15, 0.2) is 24.3 Å². The monoisotopic (exact) mass is 324 g/mol. The van der Waals surface area contributed by atoms with Crippen molar-refractivity contribution in [2.45, 2.75) is 43.8 Å². The molecule has 102 valence electrons. The molecule has 1 aromatic rings. The second kappa shape index (κ2) is 7.02.